The fraction of sp³-hybridized carbons (Fsp3) is 0.414. The van der Waals surface area contributed by atoms with Gasteiger partial charge in [0.15, 0.2) is 0 Å². The minimum absolute atomic E-state index is 0.0632. The van der Waals surface area contributed by atoms with E-state index in [9.17, 15) is 37.1 Å². The quantitative estimate of drug-likeness (QED) is 0.340. The second-order valence-corrected chi connectivity index (χ2v) is 10.5. The fourth-order valence-electron chi connectivity index (χ4n) is 4.43. The number of alkyl halides is 3. The SMILES string of the molecule is C[C@@H]1CN(C(=O)CNC(=O)/C=C/c2ccc(C(F)(F)F)cc2F)[C@@H](c2ccccc2)CN1CCC(C)(C)C(=O)O. The summed E-state index contributed by atoms with van der Waals surface area (Å²) in [6, 6.07) is 11.0. The van der Waals surface area contributed by atoms with Crippen LogP contribution >= 0.6 is 0 Å². The number of halogens is 4. The van der Waals surface area contributed by atoms with Crippen molar-refractivity contribution in [3.05, 3.63) is 77.1 Å². The first-order chi connectivity index (χ1) is 18.7. The first kappa shape index (κ1) is 30.8. The molecule has 3 rings (SSSR count). The van der Waals surface area contributed by atoms with E-state index in [0.29, 0.717) is 32.1 Å². The van der Waals surface area contributed by atoms with E-state index in [2.05, 4.69) is 10.2 Å². The monoisotopic (exact) mass is 563 g/mol. The number of carbonyl (C=O) groups excluding carboxylic acids is 2. The van der Waals surface area contributed by atoms with Crippen LogP contribution in [0.3, 0.4) is 0 Å². The van der Waals surface area contributed by atoms with Crippen LogP contribution < -0.4 is 5.32 Å². The molecule has 2 atom stereocenters. The summed E-state index contributed by atoms with van der Waals surface area (Å²) in [5, 5.41) is 11.9. The highest BCUT2D eigenvalue weighted by Crippen LogP contribution is 2.31. The van der Waals surface area contributed by atoms with E-state index in [0.717, 1.165) is 29.8 Å². The van der Waals surface area contributed by atoms with Gasteiger partial charge in [-0.1, -0.05) is 36.4 Å². The predicted molar refractivity (Wildman–Crippen MR) is 141 cm³/mol. The lowest BCUT2D eigenvalue weighted by Gasteiger charge is -2.46. The van der Waals surface area contributed by atoms with Gasteiger partial charge in [-0.25, -0.2) is 4.39 Å². The van der Waals surface area contributed by atoms with Crippen LogP contribution in [0, 0.1) is 11.2 Å². The smallest absolute Gasteiger partial charge is 0.416 e. The maximum absolute atomic E-state index is 14.0. The van der Waals surface area contributed by atoms with E-state index >= 15 is 0 Å². The summed E-state index contributed by atoms with van der Waals surface area (Å²) < 4.78 is 52.2. The summed E-state index contributed by atoms with van der Waals surface area (Å²) in [5.41, 5.74) is -1.33. The van der Waals surface area contributed by atoms with Gasteiger partial charge in [-0.05, 0) is 57.5 Å². The molecule has 1 aliphatic rings. The molecule has 0 radical (unpaired) electrons. The highest BCUT2D eigenvalue weighted by molar-refractivity contribution is 5.94. The zero-order valence-electron chi connectivity index (χ0n) is 22.5. The first-order valence-corrected chi connectivity index (χ1v) is 12.8. The van der Waals surface area contributed by atoms with Crippen molar-refractivity contribution in [2.75, 3.05) is 26.2 Å². The van der Waals surface area contributed by atoms with Gasteiger partial charge in [0.2, 0.25) is 11.8 Å². The van der Waals surface area contributed by atoms with Crippen molar-refractivity contribution in [3.8, 4) is 0 Å². The number of piperazine rings is 1. The third-order valence-corrected chi connectivity index (χ3v) is 7.13. The minimum Gasteiger partial charge on any atom is -0.481 e. The van der Waals surface area contributed by atoms with Crippen LogP contribution in [0.2, 0.25) is 0 Å². The molecule has 1 fully saturated rings. The number of carboxylic acid groups (broad SMARTS) is 1. The second kappa shape index (κ2) is 12.6. The van der Waals surface area contributed by atoms with Gasteiger partial charge < -0.3 is 15.3 Å². The number of benzene rings is 2. The Labute approximate surface area is 230 Å². The molecule has 40 heavy (non-hydrogen) atoms. The highest BCUT2D eigenvalue weighted by atomic mass is 19.4. The molecule has 11 heteroatoms. The standard InChI is InChI=1S/C29H33F4N3O4/c1-19-17-36(24(21-7-5-4-6-8-21)18-35(19)14-13-28(2,3)27(39)40)26(38)16-34-25(37)12-10-20-9-11-22(15-23(20)30)29(31,32)33/h4-12,15,19,24H,13-14,16-18H2,1-3H3,(H,34,37)(H,39,40)/b12-10+/t19-,24-/m1/s1. The molecule has 0 aromatic heterocycles. The molecule has 0 aliphatic carbocycles. The maximum atomic E-state index is 14.0. The number of hydrogen-bond donors (Lipinski definition) is 2. The molecule has 1 saturated heterocycles. The van der Waals surface area contributed by atoms with E-state index in [-0.39, 0.29) is 30.1 Å². The van der Waals surface area contributed by atoms with Crippen molar-refractivity contribution in [1.82, 2.24) is 15.1 Å². The third kappa shape index (κ3) is 7.91. The van der Waals surface area contributed by atoms with Crippen LogP contribution in [0.1, 0.15) is 49.9 Å². The molecule has 2 N–H and O–H groups in total. The van der Waals surface area contributed by atoms with Gasteiger partial charge in [0.25, 0.3) is 0 Å². The normalized spacial score (nSPS) is 18.6. The molecule has 2 amide bonds. The van der Waals surface area contributed by atoms with Gasteiger partial charge in [0.05, 0.1) is 23.6 Å². The van der Waals surface area contributed by atoms with Gasteiger partial charge in [-0.3, -0.25) is 19.3 Å². The lowest BCUT2D eigenvalue weighted by Crippen LogP contribution is -2.57. The summed E-state index contributed by atoms with van der Waals surface area (Å²) in [4.78, 5) is 40.9. The Bertz CT molecular complexity index is 1250. The van der Waals surface area contributed by atoms with E-state index in [4.69, 9.17) is 0 Å². The molecule has 0 unspecified atom stereocenters. The topological polar surface area (TPSA) is 90.0 Å². The van der Waals surface area contributed by atoms with Crippen LogP contribution in [0.5, 0.6) is 0 Å². The number of nitrogens with one attached hydrogen (secondary N) is 1. The zero-order valence-corrected chi connectivity index (χ0v) is 22.5. The van der Waals surface area contributed by atoms with Gasteiger partial charge >= 0.3 is 12.1 Å². The third-order valence-electron chi connectivity index (χ3n) is 7.13. The Balaban J connectivity index is 1.66. The van der Waals surface area contributed by atoms with Crippen LogP contribution in [0.25, 0.3) is 6.08 Å². The zero-order chi connectivity index (χ0) is 29.7. The van der Waals surface area contributed by atoms with Crippen LogP contribution in [-0.4, -0.2) is 64.9 Å². The maximum Gasteiger partial charge on any atom is 0.416 e. The lowest BCUT2D eigenvalue weighted by atomic mass is 9.88. The Hall–Kier alpha value is -3.73. The summed E-state index contributed by atoms with van der Waals surface area (Å²) in [6.45, 7) is 6.35. The average molecular weight is 564 g/mol. The predicted octanol–water partition coefficient (Wildman–Crippen LogP) is 4.75. The molecular weight excluding hydrogens is 530 g/mol. The minimum atomic E-state index is -4.68. The molecule has 0 spiro atoms. The lowest BCUT2D eigenvalue weighted by molar-refractivity contribution is -0.147. The summed E-state index contributed by atoms with van der Waals surface area (Å²) in [5.74, 6) is -3.04. The van der Waals surface area contributed by atoms with Crippen molar-refractivity contribution >= 4 is 23.9 Å². The summed E-state index contributed by atoms with van der Waals surface area (Å²) >= 11 is 0. The Morgan fingerprint density at radius 3 is 2.35 bits per heavy atom. The van der Waals surface area contributed by atoms with E-state index in [1.807, 2.05) is 37.3 Å². The van der Waals surface area contributed by atoms with Crippen molar-refractivity contribution in [2.45, 2.75) is 45.5 Å². The number of carbonyl (C=O) groups is 3. The average Bonchev–Trinajstić information content (AvgIpc) is 2.90. The molecule has 216 valence electrons. The fourth-order valence-corrected chi connectivity index (χ4v) is 4.43. The van der Waals surface area contributed by atoms with Crippen molar-refractivity contribution < 1.29 is 37.1 Å². The second-order valence-electron chi connectivity index (χ2n) is 10.5. The molecule has 2 aromatic rings. The van der Waals surface area contributed by atoms with E-state index in [1.54, 1.807) is 18.7 Å². The molecule has 2 aromatic carbocycles. The van der Waals surface area contributed by atoms with Crippen molar-refractivity contribution in [1.29, 1.82) is 0 Å². The molecular formula is C29H33F4N3O4. The Morgan fingerprint density at radius 2 is 1.75 bits per heavy atom. The highest BCUT2D eigenvalue weighted by Gasteiger charge is 2.37. The van der Waals surface area contributed by atoms with Crippen molar-refractivity contribution in [2.24, 2.45) is 5.41 Å². The van der Waals surface area contributed by atoms with E-state index in [1.165, 1.54) is 0 Å². The number of amides is 2. The molecule has 0 saturated carbocycles. The number of rotatable bonds is 9. The number of carboxylic acids is 1. The number of nitrogens with zero attached hydrogens (tertiary/aromatic N) is 2. The molecule has 1 heterocycles. The van der Waals surface area contributed by atoms with Gasteiger partial charge in [0, 0.05) is 30.8 Å². The van der Waals surface area contributed by atoms with Crippen LogP contribution in [0.15, 0.2) is 54.6 Å². The molecule has 1 aliphatic heterocycles. The summed E-state index contributed by atoms with van der Waals surface area (Å²) in [7, 11) is 0. The molecule has 0 bridgehead atoms. The van der Waals surface area contributed by atoms with Gasteiger partial charge in [-0.2, -0.15) is 13.2 Å². The van der Waals surface area contributed by atoms with Crippen LogP contribution in [0.4, 0.5) is 17.6 Å². The summed E-state index contributed by atoms with van der Waals surface area (Å²) in [6.07, 6.45) is -2.25. The Morgan fingerprint density at radius 1 is 1.07 bits per heavy atom. The van der Waals surface area contributed by atoms with E-state index < -0.39 is 34.8 Å². The largest absolute Gasteiger partial charge is 0.481 e. The number of hydrogen-bond acceptors (Lipinski definition) is 4. The first-order valence-electron chi connectivity index (χ1n) is 12.8. The van der Waals surface area contributed by atoms with Gasteiger partial charge in [0.1, 0.15) is 5.82 Å². The van der Waals surface area contributed by atoms with Crippen LogP contribution in [-0.2, 0) is 20.6 Å². The van der Waals surface area contributed by atoms with Gasteiger partial charge in [-0.15, -0.1) is 0 Å². The Kier molecular flexibility index (Phi) is 9.73. The van der Waals surface area contributed by atoms with Crippen molar-refractivity contribution in [3.63, 3.8) is 0 Å². The number of aliphatic carboxylic acids is 1. The molecule has 7 nitrogen and oxygen atoms in total.